The van der Waals surface area contributed by atoms with Crippen LogP contribution in [0.25, 0.3) is 0 Å². The van der Waals surface area contributed by atoms with Gasteiger partial charge in [0.25, 0.3) is 0 Å². The molecule has 1 aromatic rings. The topological polar surface area (TPSA) is 38.7 Å². The van der Waals surface area contributed by atoms with Crippen molar-refractivity contribution in [2.24, 2.45) is 0 Å². The molecule has 2 rings (SSSR count). The fourth-order valence-corrected chi connectivity index (χ4v) is 2.37. The summed E-state index contributed by atoms with van der Waals surface area (Å²) in [6, 6.07) is 10.3. The van der Waals surface area contributed by atoms with E-state index in [9.17, 15) is 0 Å². The summed E-state index contributed by atoms with van der Waals surface area (Å²) in [5.74, 6) is 0. The Labute approximate surface area is 109 Å². The molecule has 1 aliphatic rings. The minimum atomic E-state index is 0.116. The second kappa shape index (κ2) is 7.52. The van der Waals surface area contributed by atoms with Gasteiger partial charge in [-0.3, -0.25) is 0 Å². The van der Waals surface area contributed by atoms with E-state index in [-0.39, 0.29) is 6.61 Å². The lowest BCUT2D eigenvalue weighted by molar-refractivity contribution is -0.0431. The molecule has 3 nitrogen and oxygen atoms in total. The lowest BCUT2D eigenvalue weighted by atomic mass is 9.95. The standard InChI is InChI=1S/C15H22O3/c16-10-11-17-14-6-8-15(9-7-14)18-12-13-4-2-1-3-5-13/h1-5,14-16H,6-12H2/t14-,15+. The third kappa shape index (κ3) is 4.41. The van der Waals surface area contributed by atoms with E-state index in [1.165, 1.54) is 5.56 Å². The van der Waals surface area contributed by atoms with E-state index in [0.717, 1.165) is 25.7 Å². The summed E-state index contributed by atoms with van der Waals surface area (Å²) in [6.45, 7) is 1.28. The highest BCUT2D eigenvalue weighted by Gasteiger charge is 2.21. The summed E-state index contributed by atoms with van der Waals surface area (Å²) >= 11 is 0. The summed E-state index contributed by atoms with van der Waals surface area (Å²) < 4.78 is 11.5. The van der Waals surface area contributed by atoms with Crippen LogP contribution in [0.2, 0.25) is 0 Å². The van der Waals surface area contributed by atoms with Crippen molar-refractivity contribution in [3.05, 3.63) is 35.9 Å². The Morgan fingerprint density at radius 3 is 2.17 bits per heavy atom. The highest BCUT2D eigenvalue weighted by Crippen LogP contribution is 2.24. The van der Waals surface area contributed by atoms with Gasteiger partial charge in [0.05, 0.1) is 32.0 Å². The lowest BCUT2D eigenvalue weighted by Crippen LogP contribution is -2.27. The van der Waals surface area contributed by atoms with Gasteiger partial charge in [-0.1, -0.05) is 30.3 Å². The first-order chi connectivity index (χ1) is 8.88. The summed E-state index contributed by atoms with van der Waals surface area (Å²) in [6.07, 6.45) is 4.87. The maximum atomic E-state index is 8.71. The Morgan fingerprint density at radius 2 is 1.56 bits per heavy atom. The number of ether oxygens (including phenoxy) is 2. The Balaban J connectivity index is 1.65. The van der Waals surface area contributed by atoms with Crippen LogP contribution in [-0.2, 0) is 16.1 Å². The maximum Gasteiger partial charge on any atom is 0.0720 e. The van der Waals surface area contributed by atoms with Crippen LogP contribution in [0.3, 0.4) is 0 Å². The molecule has 0 bridgehead atoms. The molecule has 0 radical (unpaired) electrons. The first-order valence-corrected chi connectivity index (χ1v) is 6.76. The largest absolute Gasteiger partial charge is 0.394 e. The molecule has 0 unspecified atom stereocenters. The average Bonchev–Trinajstić information content (AvgIpc) is 2.45. The van der Waals surface area contributed by atoms with Crippen molar-refractivity contribution in [1.29, 1.82) is 0 Å². The molecule has 100 valence electrons. The van der Waals surface area contributed by atoms with Gasteiger partial charge in [-0.05, 0) is 31.2 Å². The Bertz CT molecular complexity index is 318. The van der Waals surface area contributed by atoms with Gasteiger partial charge in [0.15, 0.2) is 0 Å². The molecular formula is C15H22O3. The monoisotopic (exact) mass is 250 g/mol. The Kier molecular flexibility index (Phi) is 5.65. The minimum Gasteiger partial charge on any atom is -0.394 e. The smallest absolute Gasteiger partial charge is 0.0720 e. The molecule has 3 heteroatoms. The van der Waals surface area contributed by atoms with Gasteiger partial charge in [0, 0.05) is 0 Å². The van der Waals surface area contributed by atoms with E-state index in [1.807, 2.05) is 18.2 Å². The van der Waals surface area contributed by atoms with Crippen LogP contribution in [-0.4, -0.2) is 30.5 Å². The van der Waals surface area contributed by atoms with Gasteiger partial charge in [0.2, 0.25) is 0 Å². The van der Waals surface area contributed by atoms with E-state index in [1.54, 1.807) is 0 Å². The number of hydrogen-bond acceptors (Lipinski definition) is 3. The van der Waals surface area contributed by atoms with Crippen LogP contribution < -0.4 is 0 Å². The molecule has 1 fully saturated rings. The molecule has 0 amide bonds. The summed E-state index contributed by atoms with van der Waals surface area (Å²) in [7, 11) is 0. The fourth-order valence-electron chi connectivity index (χ4n) is 2.37. The zero-order valence-corrected chi connectivity index (χ0v) is 10.8. The van der Waals surface area contributed by atoms with Crippen LogP contribution in [0.4, 0.5) is 0 Å². The van der Waals surface area contributed by atoms with E-state index in [2.05, 4.69) is 12.1 Å². The van der Waals surface area contributed by atoms with Crippen molar-refractivity contribution >= 4 is 0 Å². The second-order valence-electron chi connectivity index (χ2n) is 4.79. The highest BCUT2D eigenvalue weighted by molar-refractivity contribution is 5.13. The quantitative estimate of drug-likeness (QED) is 0.843. The molecule has 1 aromatic carbocycles. The van der Waals surface area contributed by atoms with E-state index >= 15 is 0 Å². The highest BCUT2D eigenvalue weighted by atomic mass is 16.5. The summed E-state index contributed by atoms with van der Waals surface area (Å²) in [4.78, 5) is 0. The Morgan fingerprint density at radius 1 is 0.944 bits per heavy atom. The van der Waals surface area contributed by atoms with Crippen LogP contribution in [0.15, 0.2) is 30.3 Å². The number of aliphatic hydroxyl groups is 1. The first-order valence-electron chi connectivity index (χ1n) is 6.76. The number of benzene rings is 1. The van der Waals surface area contributed by atoms with Crippen molar-refractivity contribution in [2.45, 2.75) is 44.5 Å². The predicted molar refractivity (Wildman–Crippen MR) is 70.3 cm³/mol. The fraction of sp³-hybridized carbons (Fsp3) is 0.600. The van der Waals surface area contributed by atoms with Crippen LogP contribution in [0, 0.1) is 0 Å². The molecular weight excluding hydrogens is 228 g/mol. The van der Waals surface area contributed by atoms with E-state index < -0.39 is 0 Å². The molecule has 1 aliphatic carbocycles. The van der Waals surface area contributed by atoms with Gasteiger partial charge < -0.3 is 14.6 Å². The molecule has 0 saturated heterocycles. The van der Waals surface area contributed by atoms with Crippen LogP contribution >= 0.6 is 0 Å². The van der Waals surface area contributed by atoms with Crippen molar-refractivity contribution in [1.82, 2.24) is 0 Å². The van der Waals surface area contributed by atoms with Crippen LogP contribution in [0.5, 0.6) is 0 Å². The Hall–Kier alpha value is -0.900. The molecule has 0 aliphatic heterocycles. The van der Waals surface area contributed by atoms with Gasteiger partial charge in [-0.2, -0.15) is 0 Å². The molecule has 0 atom stereocenters. The summed E-state index contributed by atoms with van der Waals surface area (Å²) in [5.41, 5.74) is 1.23. The van der Waals surface area contributed by atoms with Crippen molar-refractivity contribution in [3.8, 4) is 0 Å². The predicted octanol–water partition coefficient (Wildman–Crippen LogP) is 2.52. The van der Waals surface area contributed by atoms with E-state index in [0.29, 0.717) is 25.4 Å². The normalized spacial score (nSPS) is 24.1. The number of hydrogen-bond donors (Lipinski definition) is 1. The molecule has 0 heterocycles. The van der Waals surface area contributed by atoms with Gasteiger partial charge in [-0.25, -0.2) is 0 Å². The number of rotatable bonds is 6. The number of aliphatic hydroxyl groups excluding tert-OH is 1. The zero-order chi connectivity index (χ0) is 12.6. The van der Waals surface area contributed by atoms with Crippen molar-refractivity contribution in [3.63, 3.8) is 0 Å². The van der Waals surface area contributed by atoms with Crippen molar-refractivity contribution in [2.75, 3.05) is 13.2 Å². The average molecular weight is 250 g/mol. The second-order valence-corrected chi connectivity index (χ2v) is 4.79. The zero-order valence-electron chi connectivity index (χ0n) is 10.8. The third-order valence-corrected chi connectivity index (χ3v) is 3.39. The molecule has 1 N–H and O–H groups in total. The molecule has 0 aromatic heterocycles. The lowest BCUT2D eigenvalue weighted by Gasteiger charge is -2.28. The summed E-state index contributed by atoms with van der Waals surface area (Å²) in [5, 5.41) is 8.71. The molecule has 0 spiro atoms. The van der Waals surface area contributed by atoms with E-state index in [4.69, 9.17) is 14.6 Å². The SMILES string of the molecule is OCCO[C@H]1CC[C@@H](OCc2ccccc2)CC1. The third-order valence-electron chi connectivity index (χ3n) is 3.39. The van der Waals surface area contributed by atoms with Gasteiger partial charge >= 0.3 is 0 Å². The maximum absolute atomic E-state index is 8.71. The van der Waals surface area contributed by atoms with Gasteiger partial charge in [-0.15, -0.1) is 0 Å². The van der Waals surface area contributed by atoms with Crippen molar-refractivity contribution < 1.29 is 14.6 Å². The minimum absolute atomic E-state index is 0.116. The first kappa shape index (κ1) is 13.5. The van der Waals surface area contributed by atoms with Crippen LogP contribution in [0.1, 0.15) is 31.2 Å². The molecule has 1 saturated carbocycles. The molecule has 18 heavy (non-hydrogen) atoms. The van der Waals surface area contributed by atoms with Gasteiger partial charge in [0.1, 0.15) is 0 Å².